The minimum atomic E-state index is -0.658. The van der Waals surface area contributed by atoms with Gasteiger partial charge in [-0.2, -0.15) is 0 Å². The van der Waals surface area contributed by atoms with Crippen molar-refractivity contribution in [1.82, 2.24) is 5.32 Å². The van der Waals surface area contributed by atoms with Crippen molar-refractivity contribution >= 4 is 5.97 Å². The first-order valence-electron chi connectivity index (χ1n) is 7.18. The van der Waals surface area contributed by atoms with Crippen LogP contribution in [0.1, 0.15) is 50.6 Å². The molecular weight excluding hydrogens is 238 g/mol. The number of carboxylic acids is 1. The predicted octanol–water partition coefficient (Wildman–Crippen LogP) is 3.37. The summed E-state index contributed by atoms with van der Waals surface area (Å²) in [5.41, 5.74) is 1.31. The standard InChI is InChI=1S/C16H23NO2/c1-12(14-5-3-2-4-6-14)17-15-9-7-13(8-10-15)11-16(18)19/h2-6,12-13,15,17H,7-11H2,1H3,(H,18,19). The van der Waals surface area contributed by atoms with Crippen LogP contribution in [0.4, 0.5) is 0 Å². The zero-order valence-electron chi connectivity index (χ0n) is 11.5. The van der Waals surface area contributed by atoms with Crippen molar-refractivity contribution in [3.05, 3.63) is 35.9 Å². The Morgan fingerprint density at radius 1 is 1.26 bits per heavy atom. The van der Waals surface area contributed by atoms with Crippen LogP contribution >= 0.6 is 0 Å². The first kappa shape index (κ1) is 14.1. The van der Waals surface area contributed by atoms with Crippen molar-refractivity contribution in [3.63, 3.8) is 0 Å². The van der Waals surface area contributed by atoms with Gasteiger partial charge in [0.25, 0.3) is 0 Å². The molecule has 1 fully saturated rings. The third-order valence-electron chi connectivity index (χ3n) is 4.10. The lowest BCUT2D eigenvalue weighted by molar-refractivity contribution is -0.138. The van der Waals surface area contributed by atoms with Crippen LogP contribution in [0.2, 0.25) is 0 Å². The van der Waals surface area contributed by atoms with E-state index < -0.39 is 5.97 Å². The van der Waals surface area contributed by atoms with Crippen molar-refractivity contribution in [3.8, 4) is 0 Å². The van der Waals surface area contributed by atoms with Crippen LogP contribution in [0.3, 0.4) is 0 Å². The van der Waals surface area contributed by atoms with Gasteiger partial charge in [0.1, 0.15) is 0 Å². The highest BCUT2D eigenvalue weighted by Gasteiger charge is 2.23. The molecule has 1 aromatic carbocycles. The van der Waals surface area contributed by atoms with Crippen LogP contribution in [0.25, 0.3) is 0 Å². The maximum Gasteiger partial charge on any atom is 0.303 e. The van der Waals surface area contributed by atoms with Gasteiger partial charge in [-0.05, 0) is 44.1 Å². The number of carboxylic acid groups (broad SMARTS) is 1. The zero-order chi connectivity index (χ0) is 13.7. The lowest BCUT2D eigenvalue weighted by Gasteiger charge is -2.30. The fourth-order valence-electron chi connectivity index (χ4n) is 2.97. The van der Waals surface area contributed by atoms with E-state index in [1.165, 1.54) is 5.56 Å². The maximum absolute atomic E-state index is 10.7. The molecule has 2 rings (SSSR count). The molecule has 3 nitrogen and oxygen atoms in total. The zero-order valence-corrected chi connectivity index (χ0v) is 11.5. The van der Waals surface area contributed by atoms with E-state index >= 15 is 0 Å². The normalized spacial score (nSPS) is 24.9. The Morgan fingerprint density at radius 3 is 2.47 bits per heavy atom. The molecule has 1 aliphatic rings. The molecule has 3 heteroatoms. The van der Waals surface area contributed by atoms with Gasteiger partial charge in [0.2, 0.25) is 0 Å². The second-order valence-corrected chi connectivity index (χ2v) is 5.61. The SMILES string of the molecule is CC(NC1CCC(CC(=O)O)CC1)c1ccccc1. The van der Waals surface area contributed by atoms with Crippen molar-refractivity contribution in [2.45, 2.75) is 51.1 Å². The number of aliphatic carboxylic acids is 1. The molecule has 0 aromatic heterocycles. The fraction of sp³-hybridized carbons (Fsp3) is 0.562. The van der Waals surface area contributed by atoms with Crippen molar-refractivity contribution in [2.75, 3.05) is 0 Å². The first-order valence-corrected chi connectivity index (χ1v) is 7.18. The van der Waals surface area contributed by atoms with Crippen LogP contribution in [0, 0.1) is 5.92 Å². The van der Waals surface area contributed by atoms with E-state index in [4.69, 9.17) is 5.11 Å². The highest BCUT2D eigenvalue weighted by atomic mass is 16.4. The topological polar surface area (TPSA) is 49.3 Å². The predicted molar refractivity (Wildman–Crippen MR) is 76.0 cm³/mol. The summed E-state index contributed by atoms with van der Waals surface area (Å²) in [5.74, 6) is -0.281. The van der Waals surface area contributed by atoms with E-state index in [1.807, 2.05) is 6.07 Å². The van der Waals surface area contributed by atoms with Gasteiger partial charge in [0, 0.05) is 18.5 Å². The molecule has 1 unspecified atom stereocenters. The highest BCUT2D eigenvalue weighted by Crippen LogP contribution is 2.28. The Bertz CT molecular complexity index is 396. The summed E-state index contributed by atoms with van der Waals surface area (Å²) in [4.78, 5) is 10.7. The number of hydrogen-bond donors (Lipinski definition) is 2. The van der Waals surface area contributed by atoms with E-state index in [0.29, 0.717) is 24.4 Å². The van der Waals surface area contributed by atoms with Crippen LogP contribution in [-0.2, 0) is 4.79 Å². The molecule has 104 valence electrons. The summed E-state index contributed by atoms with van der Waals surface area (Å²) in [6.45, 7) is 2.19. The van der Waals surface area contributed by atoms with Gasteiger partial charge < -0.3 is 10.4 Å². The first-order chi connectivity index (χ1) is 9.15. The van der Waals surface area contributed by atoms with Gasteiger partial charge in [-0.15, -0.1) is 0 Å². The monoisotopic (exact) mass is 261 g/mol. The summed E-state index contributed by atoms with van der Waals surface area (Å²) in [6, 6.07) is 11.4. The summed E-state index contributed by atoms with van der Waals surface area (Å²) < 4.78 is 0. The molecule has 0 spiro atoms. The largest absolute Gasteiger partial charge is 0.481 e. The number of nitrogens with one attached hydrogen (secondary N) is 1. The van der Waals surface area contributed by atoms with E-state index in [2.05, 4.69) is 36.5 Å². The second kappa shape index (κ2) is 6.71. The number of rotatable bonds is 5. The van der Waals surface area contributed by atoms with Crippen LogP contribution in [0.15, 0.2) is 30.3 Å². The number of benzene rings is 1. The third-order valence-corrected chi connectivity index (χ3v) is 4.10. The molecule has 1 saturated carbocycles. The Hall–Kier alpha value is -1.35. The van der Waals surface area contributed by atoms with Gasteiger partial charge >= 0.3 is 5.97 Å². The molecule has 1 aliphatic carbocycles. The number of hydrogen-bond acceptors (Lipinski definition) is 2. The van der Waals surface area contributed by atoms with Gasteiger partial charge in [-0.3, -0.25) is 4.79 Å². The van der Waals surface area contributed by atoms with E-state index in [9.17, 15) is 4.79 Å². The quantitative estimate of drug-likeness (QED) is 0.854. The van der Waals surface area contributed by atoms with Gasteiger partial charge in [0.05, 0.1) is 0 Å². The average molecular weight is 261 g/mol. The van der Waals surface area contributed by atoms with Crippen LogP contribution in [0.5, 0.6) is 0 Å². The Kier molecular flexibility index (Phi) is 4.97. The average Bonchev–Trinajstić information content (AvgIpc) is 2.41. The van der Waals surface area contributed by atoms with Gasteiger partial charge in [-0.25, -0.2) is 0 Å². The summed E-state index contributed by atoms with van der Waals surface area (Å²) in [7, 11) is 0. The Labute approximate surface area is 115 Å². The van der Waals surface area contributed by atoms with Crippen LogP contribution in [-0.4, -0.2) is 17.1 Å². The van der Waals surface area contributed by atoms with Crippen molar-refractivity contribution in [2.24, 2.45) is 5.92 Å². The fourth-order valence-corrected chi connectivity index (χ4v) is 2.97. The Balaban J connectivity index is 1.78. The molecule has 0 saturated heterocycles. The van der Waals surface area contributed by atoms with E-state index in [0.717, 1.165) is 25.7 Å². The molecule has 19 heavy (non-hydrogen) atoms. The molecular formula is C16H23NO2. The maximum atomic E-state index is 10.7. The Morgan fingerprint density at radius 2 is 1.89 bits per heavy atom. The van der Waals surface area contributed by atoms with Crippen LogP contribution < -0.4 is 5.32 Å². The van der Waals surface area contributed by atoms with Gasteiger partial charge in [0.15, 0.2) is 0 Å². The molecule has 0 radical (unpaired) electrons. The van der Waals surface area contributed by atoms with Crippen molar-refractivity contribution < 1.29 is 9.90 Å². The second-order valence-electron chi connectivity index (χ2n) is 5.61. The molecule has 0 bridgehead atoms. The summed E-state index contributed by atoms with van der Waals surface area (Å²) >= 11 is 0. The highest BCUT2D eigenvalue weighted by molar-refractivity contribution is 5.67. The number of carbonyl (C=O) groups is 1. The summed E-state index contributed by atoms with van der Waals surface area (Å²) in [5, 5.41) is 12.5. The third kappa shape index (κ3) is 4.35. The minimum absolute atomic E-state index is 0.334. The lowest BCUT2D eigenvalue weighted by Crippen LogP contribution is -2.35. The minimum Gasteiger partial charge on any atom is -0.481 e. The summed E-state index contributed by atoms with van der Waals surface area (Å²) in [6.07, 6.45) is 4.59. The molecule has 1 aromatic rings. The molecule has 0 heterocycles. The smallest absolute Gasteiger partial charge is 0.303 e. The molecule has 0 aliphatic heterocycles. The lowest BCUT2D eigenvalue weighted by atomic mass is 9.84. The molecule has 2 N–H and O–H groups in total. The van der Waals surface area contributed by atoms with Gasteiger partial charge in [-0.1, -0.05) is 30.3 Å². The molecule has 0 amide bonds. The van der Waals surface area contributed by atoms with E-state index in [-0.39, 0.29) is 0 Å². The van der Waals surface area contributed by atoms with Crippen molar-refractivity contribution in [1.29, 1.82) is 0 Å². The van der Waals surface area contributed by atoms with E-state index in [1.54, 1.807) is 0 Å². The molecule has 1 atom stereocenters.